The van der Waals surface area contributed by atoms with Gasteiger partial charge in [-0.1, -0.05) is 6.92 Å². The van der Waals surface area contributed by atoms with Gasteiger partial charge in [0.25, 0.3) is 0 Å². The van der Waals surface area contributed by atoms with E-state index in [4.69, 9.17) is 11.0 Å². The summed E-state index contributed by atoms with van der Waals surface area (Å²) in [7, 11) is 0. The molecule has 2 heterocycles. The molecule has 1 fully saturated rings. The monoisotopic (exact) mass is 277 g/mol. The number of hydrogen-bond donors (Lipinski definition) is 1. The first-order valence-electron chi connectivity index (χ1n) is 6.15. The van der Waals surface area contributed by atoms with Crippen molar-refractivity contribution in [3.63, 3.8) is 0 Å². The molecule has 1 aliphatic heterocycles. The lowest BCUT2D eigenvalue weighted by molar-refractivity contribution is -0.136. The highest BCUT2D eigenvalue weighted by atomic mass is 32.1. The molecule has 6 heteroatoms. The van der Waals surface area contributed by atoms with Gasteiger partial charge in [0, 0.05) is 23.8 Å². The molecule has 0 spiro atoms. The van der Waals surface area contributed by atoms with Gasteiger partial charge in [-0.05, 0) is 18.6 Å². The predicted molar refractivity (Wildman–Crippen MR) is 71.4 cm³/mol. The summed E-state index contributed by atoms with van der Waals surface area (Å²) in [6, 6.07) is 5.22. The third kappa shape index (κ3) is 2.61. The maximum absolute atomic E-state index is 12.0. The van der Waals surface area contributed by atoms with Gasteiger partial charge in [-0.25, -0.2) is 0 Å². The SMILES string of the molecule is CCC(C(N)=O)N1CC(c2ccc(C#N)s2)CC1=O. The van der Waals surface area contributed by atoms with E-state index >= 15 is 0 Å². The highest BCUT2D eigenvalue weighted by molar-refractivity contribution is 7.12. The normalized spacial score (nSPS) is 20.3. The van der Waals surface area contributed by atoms with Crippen LogP contribution < -0.4 is 5.73 Å². The summed E-state index contributed by atoms with van der Waals surface area (Å²) in [5.74, 6) is -0.434. The number of nitrogens with two attached hydrogens (primary N) is 1. The van der Waals surface area contributed by atoms with E-state index in [1.54, 1.807) is 11.0 Å². The van der Waals surface area contributed by atoms with Gasteiger partial charge in [0.1, 0.15) is 17.0 Å². The van der Waals surface area contributed by atoms with Crippen molar-refractivity contribution in [2.24, 2.45) is 5.73 Å². The largest absolute Gasteiger partial charge is 0.368 e. The van der Waals surface area contributed by atoms with Crippen LogP contribution in [0.4, 0.5) is 0 Å². The molecule has 0 saturated carbocycles. The summed E-state index contributed by atoms with van der Waals surface area (Å²) >= 11 is 1.41. The number of primary amides is 1. The molecule has 1 aromatic rings. The quantitative estimate of drug-likeness (QED) is 0.897. The third-order valence-corrected chi connectivity index (χ3v) is 4.54. The first kappa shape index (κ1) is 13.6. The number of carbonyl (C=O) groups is 2. The summed E-state index contributed by atoms with van der Waals surface area (Å²) < 4.78 is 0. The van der Waals surface area contributed by atoms with Crippen LogP contribution >= 0.6 is 11.3 Å². The van der Waals surface area contributed by atoms with Crippen molar-refractivity contribution in [1.29, 1.82) is 5.26 Å². The molecule has 1 saturated heterocycles. The Labute approximate surface area is 115 Å². The number of hydrogen-bond acceptors (Lipinski definition) is 4. The highest BCUT2D eigenvalue weighted by Crippen LogP contribution is 2.33. The van der Waals surface area contributed by atoms with E-state index in [9.17, 15) is 9.59 Å². The van der Waals surface area contributed by atoms with Gasteiger partial charge < -0.3 is 10.6 Å². The van der Waals surface area contributed by atoms with Crippen LogP contribution in [0.25, 0.3) is 0 Å². The van der Waals surface area contributed by atoms with Gasteiger partial charge in [0.2, 0.25) is 11.8 Å². The van der Waals surface area contributed by atoms with Crippen molar-refractivity contribution < 1.29 is 9.59 Å². The Morgan fingerprint density at radius 2 is 2.42 bits per heavy atom. The van der Waals surface area contributed by atoms with E-state index in [1.807, 2.05) is 13.0 Å². The van der Waals surface area contributed by atoms with Gasteiger partial charge in [0.05, 0.1) is 0 Å². The Bertz CT molecular complexity index is 546. The second kappa shape index (κ2) is 5.41. The first-order chi connectivity index (χ1) is 9.06. The fourth-order valence-corrected chi connectivity index (χ4v) is 3.33. The average molecular weight is 277 g/mol. The van der Waals surface area contributed by atoms with Crippen molar-refractivity contribution in [3.8, 4) is 6.07 Å². The molecule has 0 aromatic carbocycles. The molecule has 19 heavy (non-hydrogen) atoms. The fraction of sp³-hybridized carbons (Fsp3) is 0.462. The van der Waals surface area contributed by atoms with E-state index in [-0.39, 0.29) is 11.8 Å². The fourth-order valence-electron chi connectivity index (χ4n) is 2.43. The maximum Gasteiger partial charge on any atom is 0.240 e. The summed E-state index contributed by atoms with van der Waals surface area (Å²) in [5, 5.41) is 8.82. The summed E-state index contributed by atoms with van der Waals surface area (Å²) in [6.07, 6.45) is 0.914. The van der Waals surface area contributed by atoms with Crippen molar-refractivity contribution in [2.75, 3.05) is 6.54 Å². The van der Waals surface area contributed by atoms with Crippen LogP contribution in [0.1, 0.15) is 35.4 Å². The Hall–Kier alpha value is -1.87. The lowest BCUT2D eigenvalue weighted by atomic mass is 10.1. The zero-order valence-corrected chi connectivity index (χ0v) is 11.4. The van der Waals surface area contributed by atoms with Gasteiger partial charge >= 0.3 is 0 Å². The zero-order valence-electron chi connectivity index (χ0n) is 10.6. The standard InChI is InChI=1S/C13H15N3O2S/c1-2-10(13(15)18)16-7-8(5-12(16)17)11-4-3-9(6-14)19-11/h3-4,8,10H,2,5,7H2,1H3,(H2,15,18). The molecule has 2 atom stereocenters. The molecule has 0 bridgehead atoms. The predicted octanol–water partition coefficient (Wildman–Crippen LogP) is 1.20. The van der Waals surface area contributed by atoms with E-state index < -0.39 is 11.9 Å². The minimum atomic E-state index is -0.520. The number of carbonyl (C=O) groups excluding carboxylic acids is 2. The molecule has 2 N–H and O–H groups in total. The van der Waals surface area contributed by atoms with Crippen molar-refractivity contribution >= 4 is 23.2 Å². The molecular formula is C13H15N3O2S. The molecule has 1 aliphatic rings. The number of rotatable bonds is 4. The summed E-state index contributed by atoms with van der Waals surface area (Å²) in [4.78, 5) is 26.6. The number of nitrogens with zero attached hydrogens (tertiary/aromatic N) is 2. The molecule has 100 valence electrons. The summed E-state index contributed by atoms with van der Waals surface area (Å²) in [5.41, 5.74) is 5.33. The lowest BCUT2D eigenvalue weighted by Crippen LogP contribution is -2.45. The van der Waals surface area contributed by atoms with E-state index in [1.165, 1.54) is 11.3 Å². The van der Waals surface area contributed by atoms with E-state index in [0.717, 1.165) is 4.88 Å². The zero-order chi connectivity index (χ0) is 14.0. The maximum atomic E-state index is 12.0. The molecule has 1 aromatic heterocycles. The first-order valence-corrected chi connectivity index (χ1v) is 6.97. The Morgan fingerprint density at radius 3 is 2.95 bits per heavy atom. The lowest BCUT2D eigenvalue weighted by Gasteiger charge is -2.24. The van der Waals surface area contributed by atoms with Crippen molar-refractivity contribution in [2.45, 2.75) is 31.7 Å². The Kier molecular flexibility index (Phi) is 3.86. The number of likely N-dealkylation sites (tertiary alicyclic amines) is 1. The minimum absolute atomic E-state index is 0.0393. The average Bonchev–Trinajstić information content (AvgIpc) is 2.97. The van der Waals surface area contributed by atoms with Crippen LogP contribution in [0.15, 0.2) is 12.1 Å². The molecular weight excluding hydrogens is 262 g/mol. The van der Waals surface area contributed by atoms with Gasteiger partial charge in [-0.2, -0.15) is 5.26 Å². The number of thiophene rings is 1. The number of amides is 2. The second-order valence-corrected chi connectivity index (χ2v) is 5.70. The third-order valence-electron chi connectivity index (χ3n) is 3.39. The molecule has 2 amide bonds. The van der Waals surface area contributed by atoms with Crippen LogP contribution in [0.2, 0.25) is 0 Å². The second-order valence-electron chi connectivity index (χ2n) is 4.59. The van der Waals surface area contributed by atoms with Crippen LogP contribution in [0.5, 0.6) is 0 Å². The van der Waals surface area contributed by atoms with Crippen molar-refractivity contribution in [1.82, 2.24) is 4.90 Å². The van der Waals surface area contributed by atoms with Crippen LogP contribution in [0, 0.1) is 11.3 Å². The smallest absolute Gasteiger partial charge is 0.240 e. The van der Waals surface area contributed by atoms with Gasteiger partial charge in [-0.3, -0.25) is 9.59 Å². The Balaban J connectivity index is 2.15. The van der Waals surface area contributed by atoms with Crippen LogP contribution in [0.3, 0.4) is 0 Å². The minimum Gasteiger partial charge on any atom is -0.368 e. The van der Waals surface area contributed by atoms with Gasteiger partial charge in [-0.15, -0.1) is 11.3 Å². The van der Waals surface area contributed by atoms with E-state index in [2.05, 4.69) is 6.07 Å². The molecule has 0 aliphatic carbocycles. The highest BCUT2D eigenvalue weighted by Gasteiger charge is 2.37. The summed E-state index contributed by atoms with van der Waals surface area (Å²) in [6.45, 7) is 2.35. The number of nitriles is 1. The topological polar surface area (TPSA) is 87.2 Å². The van der Waals surface area contributed by atoms with Gasteiger partial charge in [0.15, 0.2) is 0 Å². The molecule has 2 unspecified atom stereocenters. The van der Waals surface area contributed by atoms with Crippen molar-refractivity contribution in [3.05, 3.63) is 21.9 Å². The van der Waals surface area contributed by atoms with Crippen LogP contribution in [-0.4, -0.2) is 29.3 Å². The molecule has 2 rings (SSSR count). The van der Waals surface area contributed by atoms with Crippen LogP contribution in [-0.2, 0) is 9.59 Å². The molecule has 5 nitrogen and oxygen atoms in total. The van der Waals surface area contributed by atoms with E-state index in [0.29, 0.717) is 24.3 Å². The molecule has 0 radical (unpaired) electrons. The Morgan fingerprint density at radius 1 is 1.68 bits per heavy atom.